The molecule has 0 aromatic rings. The number of carbonyl (C=O) groups is 1. The van der Waals surface area contributed by atoms with Crippen molar-refractivity contribution >= 4 is 5.97 Å². The molecule has 0 spiro atoms. The number of hydrogen-bond acceptors (Lipinski definition) is 5. The molecule has 0 bridgehead atoms. The van der Waals surface area contributed by atoms with E-state index in [4.69, 9.17) is 9.47 Å². The van der Waals surface area contributed by atoms with Gasteiger partial charge in [0, 0.05) is 26.2 Å². The van der Waals surface area contributed by atoms with E-state index in [0.29, 0.717) is 18.6 Å². The molecular weight excluding hydrogens is 268 g/mol. The molecule has 2 aliphatic heterocycles. The lowest BCUT2D eigenvalue weighted by Crippen LogP contribution is -2.48. The van der Waals surface area contributed by atoms with Crippen LogP contribution in [-0.2, 0) is 14.3 Å². The fraction of sp³-hybridized carbons (Fsp3) is 0.938. The maximum Gasteiger partial charge on any atom is 0.306 e. The van der Waals surface area contributed by atoms with Crippen LogP contribution in [0.4, 0.5) is 0 Å². The lowest BCUT2D eigenvalue weighted by atomic mass is 9.95. The summed E-state index contributed by atoms with van der Waals surface area (Å²) in [5, 5.41) is 0. The van der Waals surface area contributed by atoms with Crippen LogP contribution in [0, 0.1) is 5.92 Å². The fourth-order valence-corrected chi connectivity index (χ4v) is 3.54. The number of morpholine rings is 1. The van der Waals surface area contributed by atoms with Gasteiger partial charge in [-0.1, -0.05) is 0 Å². The Morgan fingerprint density at radius 2 is 1.76 bits per heavy atom. The van der Waals surface area contributed by atoms with E-state index in [0.717, 1.165) is 38.6 Å². The second-order valence-corrected chi connectivity index (χ2v) is 6.59. The predicted molar refractivity (Wildman–Crippen MR) is 82.2 cm³/mol. The van der Waals surface area contributed by atoms with Gasteiger partial charge in [-0.15, -0.1) is 0 Å². The molecule has 2 rings (SSSR count). The zero-order valence-corrected chi connectivity index (χ0v) is 13.7. The molecule has 0 aromatic carbocycles. The van der Waals surface area contributed by atoms with E-state index in [1.165, 1.54) is 26.5 Å². The molecule has 0 aliphatic carbocycles. The maximum absolute atomic E-state index is 11.2. The predicted octanol–water partition coefficient (Wildman–Crippen LogP) is 1.37. The Hall–Kier alpha value is -0.650. The van der Waals surface area contributed by atoms with Gasteiger partial charge in [0.15, 0.2) is 0 Å². The molecule has 2 atom stereocenters. The molecule has 0 amide bonds. The van der Waals surface area contributed by atoms with Gasteiger partial charge in [0.1, 0.15) is 0 Å². The Bertz CT molecular complexity index is 319. The zero-order valence-electron chi connectivity index (χ0n) is 13.7. The van der Waals surface area contributed by atoms with E-state index in [9.17, 15) is 4.79 Å². The molecule has 2 unspecified atom stereocenters. The number of carbonyl (C=O) groups excluding carboxylic acids is 1. The third-order valence-electron chi connectivity index (χ3n) is 4.58. The second-order valence-electron chi connectivity index (χ2n) is 6.59. The van der Waals surface area contributed by atoms with Crippen LogP contribution in [-0.4, -0.2) is 74.4 Å². The Labute approximate surface area is 128 Å². The summed E-state index contributed by atoms with van der Waals surface area (Å²) in [7, 11) is 1.46. The van der Waals surface area contributed by atoms with E-state index in [1.54, 1.807) is 0 Å². The quantitative estimate of drug-likeness (QED) is 0.717. The van der Waals surface area contributed by atoms with Crippen molar-refractivity contribution in [2.24, 2.45) is 5.92 Å². The minimum atomic E-state index is -0.103. The number of rotatable bonds is 5. The number of likely N-dealkylation sites (tertiary alicyclic amines) is 1. The topological polar surface area (TPSA) is 42.0 Å². The van der Waals surface area contributed by atoms with E-state index >= 15 is 0 Å². The summed E-state index contributed by atoms with van der Waals surface area (Å²) in [5.41, 5.74) is 0. The smallest absolute Gasteiger partial charge is 0.306 e. The standard InChI is InChI=1S/C16H30N2O3/c1-13-10-18(11-14(2)21-13)12-15-4-7-17(8-5-15)9-6-16(19)20-3/h13-15H,4-12H2,1-3H3. The third-order valence-corrected chi connectivity index (χ3v) is 4.58. The van der Waals surface area contributed by atoms with Crippen molar-refractivity contribution in [3.63, 3.8) is 0 Å². The SMILES string of the molecule is COC(=O)CCN1CCC(CN2CC(C)OC(C)C2)CC1. The number of piperidine rings is 1. The molecule has 0 saturated carbocycles. The molecule has 2 fully saturated rings. The number of hydrogen-bond donors (Lipinski definition) is 0. The van der Waals surface area contributed by atoms with Gasteiger partial charge in [-0.25, -0.2) is 0 Å². The minimum absolute atomic E-state index is 0.103. The normalized spacial score (nSPS) is 29.5. The van der Waals surface area contributed by atoms with Gasteiger partial charge in [-0.2, -0.15) is 0 Å². The van der Waals surface area contributed by atoms with E-state index in [2.05, 4.69) is 23.6 Å². The number of ether oxygens (including phenoxy) is 2. The van der Waals surface area contributed by atoms with Crippen LogP contribution in [0.5, 0.6) is 0 Å². The average molecular weight is 298 g/mol. The van der Waals surface area contributed by atoms with Crippen LogP contribution in [0.3, 0.4) is 0 Å². The highest BCUT2D eigenvalue weighted by Gasteiger charge is 2.26. The second kappa shape index (κ2) is 8.11. The Morgan fingerprint density at radius 1 is 1.14 bits per heavy atom. The molecule has 5 heteroatoms. The molecule has 122 valence electrons. The van der Waals surface area contributed by atoms with Crippen molar-refractivity contribution in [1.29, 1.82) is 0 Å². The lowest BCUT2D eigenvalue weighted by Gasteiger charge is -2.39. The fourth-order valence-electron chi connectivity index (χ4n) is 3.54. The summed E-state index contributed by atoms with van der Waals surface area (Å²) < 4.78 is 10.5. The van der Waals surface area contributed by atoms with Crippen LogP contribution in [0.25, 0.3) is 0 Å². The number of nitrogens with zero attached hydrogens (tertiary/aromatic N) is 2. The molecule has 2 heterocycles. The monoisotopic (exact) mass is 298 g/mol. The Morgan fingerprint density at radius 3 is 2.33 bits per heavy atom. The summed E-state index contributed by atoms with van der Waals surface area (Å²) in [4.78, 5) is 16.1. The van der Waals surface area contributed by atoms with Gasteiger partial charge in [0.05, 0.1) is 25.7 Å². The van der Waals surface area contributed by atoms with E-state index in [1.807, 2.05) is 0 Å². The van der Waals surface area contributed by atoms with Crippen LogP contribution in [0.15, 0.2) is 0 Å². The largest absolute Gasteiger partial charge is 0.469 e. The zero-order chi connectivity index (χ0) is 15.2. The minimum Gasteiger partial charge on any atom is -0.469 e. The van der Waals surface area contributed by atoms with Crippen molar-refractivity contribution < 1.29 is 14.3 Å². The number of methoxy groups -OCH3 is 1. The highest BCUT2D eigenvalue weighted by atomic mass is 16.5. The van der Waals surface area contributed by atoms with Crippen molar-refractivity contribution in [3.05, 3.63) is 0 Å². The van der Waals surface area contributed by atoms with Crippen LogP contribution in [0.1, 0.15) is 33.1 Å². The van der Waals surface area contributed by atoms with Crippen molar-refractivity contribution in [2.45, 2.75) is 45.3 Å². The molecule has 2 aliphatic rings. The summed E-state index contributed by atoms with van der Waals surface area (Å²) in [6.07, 6.45) is 3.70. The van der Waals surface area contributed by atoms with Gasteiger partial charge in [0.2, 0.25) is 0 Å². The first-order valence-corrected chi connectivity index (χ1v) is 8.23. The molecular formula is C16H30N2O3. The molecule has 21 heavy (non-hydrogen) atoms. The summed E-state index contributed by atoms with van der Waals surface area (Å²) >= 11 is 0. The molecule has 5 nitrogen and oxygen atoms in total. The Kier molecular flexibility index (Phi) is 6.45. The van der Waals surface area contributed by atoms with Crippen LogP contribution in [0.2, 0.25) is 0 Å². The average Bonchev–Trinajstić information content (AvgIpc) is 2.45. The first-order chi connectivity index (χ1) is 10.1. The van der Waals surface area contributed by atoms with Gasteiger partial charge in [0.25, 0.3) is 0 Å². The van der Waals surface area contributed by atoms with Crippen molar-refractivity contribution in [1.82, 2.24) is 9.80 Å². The summed E-state index contributed by atoms with van der Waals surface area (Å²) in [5.74, 6) is 0.685. The van der Waals surface area contributed by atoms with Crippen molar-refractivity contribution in [3.8, 4) is 0 Å². The first kappa shape index (κ1) is 16.7. The van der Waals surface area contributed by atoms with E-state index in [-0.39, 0.29) is 5.97 Å². The van der Waals surface area contributed by atoms with Crippen LogP contribution >= 0.6 is 0 Å². The third kappa shape index (κ3) is 5.57. The van der Waals surface area contributed by atoms with Crippen molar-refractivity contribution in [2.75, 3.05) is 46.4 Å². The molecule has 0 aromatic heterocycles. The van der Waals surface area contributed by atoms with Gasteiger partial charge < -0.3 is 14.4 Å². The lowest BCUT2D eigenvalue weighted by molar-refractivity contribution is -0.141. The first-order valence-electron chi connectivity index (χ1n) is 8.23. The van der Waals surface area contributed by atoms with Gasteiger partial charge in [-0.3, -0.25) is 9.69 Å². The Balaban J connectivity index is 1.65. The number of esters is 1. The van der Waals surface area contributed by atoms with E-state index < -0.39 is 0 Å². The highest BCUT2D eigenvalue weighted by molar-refractivity contribution is 5.69. The molecule has 0 radical (unpaired) electrons. The van der Waals surface area contributed by atoms with Gasteiger partial charge >= 0.3 is 5.97 Å². The summed E-state index contributed by atoms with van der Waals surface area (Å²) in [6, 6.07) is 0. The highest BCUT2D eigenvalue weighted by Crippen LogP contribution is 2.21. The summed E-state index contributed by atoms with van der Waals surface area (Å²) in [6.45, 7) is 10.7. The maximum atomic E-state index is 11.2. The molecule has 2 saturated heterocycles. The molecule has 0 N–H and O–H groups in total. The van der Waals surface area contributed by atoms with Gasteiger partial charge in [-0.05, 0) is 45.7 Å². The van der Waals surface area contributed by atoms with Crippen LogP contribution < -0.4 is 0 Å².